The summed E-state index contributed by atoms with van der Waals surface area (Å²) in [5.41, 5.74) is 2.02. The van der Waals surface area contributed by atoms with Crippen molar-refractivity contribution in [3.63, 3.8) is 0 Å². The smallest absolute Gasteiger partial charge is 0.320 e. The highest BCUT2D eigenvalue weighted by Crippen LogP contribution is 2.26. The summed E-state index contributed by atoms with van der Waals surface area (Å²) in [7, 11) is 0. The van der Waals surface area contributed by atoms with E-state index < -0.39 is 5.97 Å². The van der Waals surface area contributed by atoms with Gasteiger partial charge in [0.25, 0.3) is 0 Å². The molecule has 0 bridgehead atoms. The largest absolute Gasteiger partial charge is 0.480 e. The highest BCUT2D eigenvalue weighted by atomic mass is 79.9. The van der Waals surface area contributed by atoms with Crippen LogP contribution in [0.15, 0.2) is 34.9 Å². The fourth-order valence-corrected chi connectivity index (χ4v) is 3.38. The molecule has 0 unspecified atom stereocenters. The first-order chi connectivity index (χ1) is 9.65. The van der Waals surface area contributed by atoms with E-state index in [0.29, 0.717) is 6.54 Å². The number of carbonyl (C=O) groups is 1. The fraction of sp³-hybridized carbons (Fsp3) is 0.333. The second-order valence-electron chi connectivity index (χ2n) is 5.11. The van der Waals surface area contributed by atoms with Gasteiger partial charge in [0.2, 0.25) is 0 Å². The van der Waals surface area contributed by atoms with Crippen LogP contribution >= 0.6 is 15.9 Å². The van der Waals surface area contributed by atoms with Gasteiger partial charge in [-0.3, -0.25) is 14.7 Å². The number of hydrogen-bond donors (Lipinski definition) is 1. The van der Waals surface area contributed by atoms with E-state index in [1.807, 2.05) is 29.2 Å². The van der Waals surface area contributed by atoms with Gasteiger partial charge >= 0.3 is 5.97 Å². The van der Waals surface area contributed by atoms with Crippen LogP contribution in [0.5, 0.6) is 0 Å². The molecule has 0 radical (unpaired) electrons. The van der Waals surface area contributed by atoms with Crippen molar-refractivity contribution in [2.24, 2.45) is 0 Å². The van der Waals surface area contributed by atoms with Crippen molar-refractivity contribution in [2.75, 3.05) is 6.54 Å². The molecule has 104 valence electrons. The van der Waals surface area contributed by atoms with Crippen LogP contribution in [0.3, 0.4) is 0 Å². The third kappa shape index (κ3) is 2.55. The van der Waals surface area contributed by atoms with Gasteiger partial charge in [-0.15, -0.1) is 0 Å². The SMILES string of the molecule is O=C(O)[C@H]1CCCN1Cc1cc(Br)cc2cccnc12. The maximum Gasteiger partial charge on any atom is 0.320 e. The first-order valence-corrected chi connectivity index (χ1v) is 7.44. The minimum Gasteiger partial charge on any atom is -0.480 e. The highest BCUT2D eigenvalue weighted by Gasteiger charge is 2.30. The van der Waals surface area contributed by atoms with E-state index in [1.165, 1.54) is 0 Å². The Morgan fingerprint density at radius 1 is 1.50 bits per heavy atom. The average Bonchev–Trinajstić information content (AvgIpc) is 2.87. The quantitative estimate of drug-likeness (QED) is 0.937. The van der Waals surface area contributed by atoms with Gasteiger partial charge in [-0.1, -0.05) is 22.0 Å². The van der Waals surface area contributed by atoms with Gasteiger partial charge < -0.3 is 5.11 Å². The van der Waals surface area contributed by atoms with Gasteiger partial charge in [-0.25, -0.2) is 0 Å². The number of nitrogens with zero attached hydrogens (tertiary/aromatic N) is 2. The van der Waals surface area contributed by atoms with E-state index in [2.05, 4.69) is 20.9 Å². The molecule has 1 saturated heterocycles. The number of carboxylic acids is 1. The van der Waals surface area contributed by atoms with E-state index in [1.54, 1.807) is 6.20 Å². The molecule has 4 nitrogen and oxygen atoms in total. The second-order valence-corrected chi connectivity index (χ2v) is 6.02. The lowest BCUT2D eigenvalue weighted by Gasteiger charge is -2.21. The molecule has 5 heteroatoms. The molecule has 0 saturated carbocycles. The van der Waals surface area contributed by atoms with E-state index in [4.69, 9.17) is 0 Å². The minimum absolute atomic E-state index is 0.368. The summed E-state index contributed by atoms with van der Waals surface area (Å²) in [5.74, 6) is -0.727. The molecule has 1 aromatic heterocycles. The van der Waals surface area contributed by atoms with Gasteiger partial charge in [0, 0.05) is 22.6 Å². The lowest BCUT2D eigenvalue weighted by molar-refractivity contribution is -0.142. The van der Waals surface area contributed by atoms with E-state index in [0.717, 1.165) is 40.3 Å². The molecule has 20 heavy (non-hydrogen) atoms. The Balaban J connectivity index is 1.96. The molecule has 1 fully saturated rings. The molecule has 1 aliphatic rings. The third-order valence-electron chi connectivity index (χ3n) is 3.77. The second kappa shape index (κ2) is 5.50. The molecule has 0 spiro atoms. The Kier molecular flexibility index (Phi) is 3.72. The van der Waals surface area contributed by atoms with Crippen LogP contribution in [-0.2, 0) is 11.3 Å². The zero-order valence-electron chi connectivity index (χ0n) is 10.9. The number of halogens is 1. The lowest BCUT2D eigenvalue weighted by Crippen LogP contribution is -2.35. The van der Waals surface area contributed by atoms with Crippen molar-refractivity contribution >= 4 is 32.8 Å². The van der Waals surface area contributed by atoms with E-state index >= 15 is 0 Å². The molecule has 0 amide bonds. The Labute approximate surface area is 125 Å². The summed E-state index contributed by atoms with van der Waals surface area (Å²) in [4.78, 5) is 17.7. The molecule has 1 aliphatic heterocycles. The molecule has 1 aromatic carbocycles. The van der Waals surface area contributed by atoms with Crippen LogP contribution in [0.25, 0.3) is 10.9 Å². The van der Waals surface area contributed by atoms with Gasteiger partial charge in [-0.05, 0) is 43.1 Å². The topological polar surface area (TPSA) is 53.4 Å². The number of aromatic nitrogens is 1. The number of likely N-dealkylation sites (tertiary alicyclic amines) is 1. The number of hydrogen-bond acceptors (Lipinski definition) is 3. The van der Waals surface area contributed by atoms with Crippen molar-refractivity contribution in [2.45, 2.75) is 25.4 Å². The minimum atomic E-state index is -0.727. The molecule has 0 aliphatic carbocycles. The predicted octanol–water partition coefficient (Wildman–Crippen LogP) is 3.05. The zero-order valence-corrected chi connectivity index (χ0v) is 12.5. The standard InChI is InChI=1S/C15H15BrN2O2/c16-12-7-10-3-1-5-17-14(10)11(8-12)9-18-6-2-4-13(18)15(19)20/h1,3,5,7-8,13H,2,4,6,9H2,(H,19,20)/t13-/m1/s1. The highest BCUT2D eigenvalue weighted by molar-refractivity contribution is 9.10. The normalized spacial score (nSPS) is 19.6. The summed E-state index contributed by atoms with van der Waals surface area (Å²) >= 11 is 3.51. The Bertz CT molecular complexity index is 659. The number of pyridine rings is 1. The van der Waals surface area contributed by atoms with Crippen LogP contribution in [-0.4, -0.2) is 33.5 Å². The molecule has 1 atom stereocenters. The van der Waals surface area contributed by atoms with Crippen molar-refractivity contribution in [1.29, 1.82) is 0 Å². The van der Waals surface area contributed by atoms with Gasteiger partial charge in [-0.2, -0.15) is 0 Å². The summed E-state index contributed by atoms with van der Waals surface area (Å²) in [5, 5.41) is 10.3. The number of benzene rings is 1. The zero-order chi connectivity index (χ0) is 14.1. The summed E-state index contributed by atoms with van der Waals surface area (Å²) in [6.07, 6.45) is 3.45. The summed E-state index contributed by atoms with van der Waals surface area (Å²) in [6.45, 7) is 1.46. The first kappa shape index (κ1) is 13.5. The lowest BCUT2D eigenvalue weighted by atomic mass is 10.1. The van der Waals surface area contributed by atoms with Crippen molar-refractivity contribution in [3.05, 3.63) is 40.5 Å². The molecular formula is C15H15BrN2O2. The maximum absolute atomic E-state index is 11.3. The van der Waals surface area contributed by atoms with Crippen molar-refractivity contribution in [1.82, 2.24) is 9.88 Å². The number of fused-ring (bicyclic) bond motifs is 1. The molecule has 2 aromatic rings. The third-order valence-corrected chi connectivity index (χ3v) is 4.23. The predicted molar refractivity (Wildman–Crippen MR) is 80.5 cm³/mol. The van der Waals surface area contributed by atoms with Crippen LogP contribution < -0.4 is 0 Å². The Hall–Kier alpha value is -1.46. The van der Waals surface area contributed by atoms with Gasteiger partial charge in [0.1, 0.15) is 6.04 Å². The molecular weight excluding hydrogens is 320 g/mol. The van der Waals surface area contributed by atoms with E-state index in [9.17, 15) is 9.90 Å². The van der Waals surface area contributed by atoms with Crippen LogP contribution in [0.1, 0.15) is 18.4 Å². The van der Waals surface area contributed by atoms with Gasteiger partial charge in [0.15, 0.2) is 0 Å². The monoisotopic (exact) mass is 334 g/mol. The number of carboxylic acid groups (broad SMARTS) is 1. The Morgan fingerprint density at radius 2 is 2.35 bits per heavy atom. The first-order valence-electron chi connectivity index (χ1n) is 6.65. The number of rotatable bonds is 3. The van der Waals surface area contributed by atoms with Crippen LogP contribution in [0.2, 0.25) is 0 Å². The molecule has 1 N–H and O–H groups in total. The average molecular weight is 335 g/mol. The van der Waals surface area contributed by atoms with E-state index in [-0.39, 0.29) is 6.04 Å². The van der Waals surface area contributed by atoms with Gasteiger partial charge in [0.05, 0.1) is 5.52 Å². The number of aliphatic carboxylic acids is 1. The van der Waals surface area contributed by atoms with Crippen molar-refractivity contribution in [3.8, 4) is 0 Å². The fourth-order valence-electron chi connectivity index (χ4n) is 2.86. The summed E-state index contributed by atoms with van der Waals surface area (Å²) in [6, 6.07) is 7.63. The molecule has 2 heterocycles. The van der Waals surface area contributed by atoms with Crippen molar-refractivity contribution < 1.29 is 9.90 Å². The summed E-state index contributed by atoms with van der Waals surface area (Å²) < 4.78 is 0.999. The van der Waals surface area contributed by atoms with Crippen LogP contribution in [0, 0.1) is 0 Å². The van der Waals surface area contributed by atoms with Crippen LogP contribution in [0.4, 0.5) is 0 Å². The Morgan fingerprint density at radius 3 is 3.15 bits per heavy atom. The molecule has 3 rings (SSSR count). The maximum atomic E-state index is 11.3.